The second kappa shape index (κ2) is 3.53. The molecule has 0 radical (unpaired) electrons. The number of aryl methyl sites for hydroxylation is 1. The first-order valence-corrected chi connectivity index (χ1v) is 5.44. The van der Waals surface area contributed by atoms with E-state index in [1.165, 1.54) is 11.3 Å². The number of anilines is 1. The summed E-state index contributed by atoms with van der Waals surface area (Å²) in [7, 11) is 0. The molecule has 0 aromatic carbocycles. The monoisotopic (exact) mass is 208 g/mol. The van der Waals surface area contributed by atoms with Gasteiger partial charge in [0.2, 0.25) is 5.91 Å². The van der Waals surface area contributed by atoms with Crippen LogP contribution in [0.15, 0.2) is 6.58 Å². The van der Waals surface area contributed by atoms with E-state index in [9.17, 15) is 4.79 Å². The normalized spacial score (nSPS) is 16.4. The molecule has 0 saturated carbocycles. The Labute approximate surface area is 87.1 Å². The zero-order valence-corrected chi connectivity index (χ0v) is 8.93. The third-order valence-corrected chi connectivity index (χ3v) is 3.49. The molecule has 1 amide bonds. The predicted octanol–water partition coefficient (Wildman–Crippen LogP) is 2.22. The van der Waals surface area contributed by atoms with Crippen LogP contribution in [-0.4, -0.2) is 17.4 Å². The largest absolute Gasteiger partial charge is 0.288 e. The average Bonchev–Trinajstić information content (AvgIpc) is 2.71. The summed E-state index contributed by atoms with van der Waals surface area (Å²) >= 11 is 1.54. The standard InChI is InChI=1S/C10H12N2OS/c1-3-8-7(2)11-10(14-8)12-6-4-5-9(12)13/h3H,1,4-6H2,2H3. The van der Waals surface area contributed by atoms with E-state index in [1.54, 1.807) is 11.0 Å². The van der Waals surface area contributed by atoms with Gasteiger partial charge in [-0.15, -0.1) is 0 Å². The van der Waals surface area contributed by atoms with E-state index in [4.69, 9.17) is 0 Å². The van der Waals surface area contributed by atoms with Crippen molar-refractivity contribution in [3.8, 4) is 0 Å². The van der Waals surface area contributed by atoms with Crippen LogP contribution in [0.25, 0.3) is 6.08 Å². The highest BCUT2D eigenvalue weighted by Crippen LogP contribution is 2.29. The van der Waals surface area contributed by atoms with E-state index in [2.05, 4.69) is 11.6 Å². The van der Waals surface area contributed by atoms with Crippen molar-refractivity contribution in [1.82, 2.24) is 4.98 Å². The van der Waals surface area contributed by atoms with Gasteiger partial charge in [-0.1, -0.05) is 24.0 Å². The lowest BCUT2D eigenvalue weighted by molar-refractivity contribution is -0.117. The van der Waals surface area contributed by atoms with Crippen LogP contribution < -0.4 is 4.90 Å². The molecule has 0 N–H and O–H groups in total. The van der Waals surface area contributed by atoms with Gasteiger partial charge in [0.25, 0.3) is 0 Å². The number of carbonyl (C=O) groups excluding carboxylic acids is 1. The third-order valence-electron chi connectivity index (χ3n) is 2.31. The number of nitrogens with zero attached hydrogens (tertiary/aromatic N) is 2. The Balaban J connectivity index is 2.32. The zero-order chi connectivity index (χ0) is 10.1. The van der Waals surface area contributed by atoms with Crippen molar-refractivity contribution in [2.45, 2.75) is 19.8 Å². The smallest absolute Gasteiger partial charge is 0.228 e. The number of amides is 1. The Morgan fingerprint density at radius 3 is 2.93 bits per heavy atom. The summed E-state index contributed by atoms with van der Waals surface area (Å²) in [6, 6.07) is 0. The lowest BCUT2D eigenvalue weighted by atomic mass is 10.4. The van der Waals surface area contributed by atoms with Crippen molar-refractivity contribution in [3.05, 3.63) is 17.2 Å². The number of rotatable bonds is 2. The van der Waals surface area contributed by atoms with E-state index < -0.39 is 0 Å². The molecule has 74 valence electrons. The van der Waals surface area contributed by atoms with Crippen molar-refractivity contribution in [2.75, 3.05) is 11.4 Å². The molecule has 3 nitrogen and oxygen atoms in total. The van der Waals surface area contributed by atoms with Crippen LogP contribution in [-0.2, 0) is 4.79 Å². The quantitative estimate of drug-likeness (QED) is 0.746. The summed E-state index contributed by atoms with van der Waals surface area (Å²) in [5.74, 6) is 0.189. The molecule has 0 aliphatic carbocycles. The molecule has 1 aromatic rings. The molecule has 1 fully saturated rings. The Hall–Kier alpha value is -1.16. The molecule has 0 atom stereocenters. The molecular weight excluding hydrogens is 196 g/mol. The fourth-order valence-corrected chi connectivity index (χ4v) is 2.51. The molecule has 0 bridgehead atoms. The Morgan fingerprint density at radius 2 is 2.43 bits per heavy atom. The first-order valence-electron chi connectivity index (χ1n) is 4.62. The second-order valence-corrected chi connectivity index (χ2v) is 4.31. The first-order chi connectivity index (χ1) is 6.72. The van der Waals surface area contributed by atoms with E-state index in [-0.39, 0.29) is 5.91 Å². The minimum atomic E-state index is 0.189. The van der Waals surface area contributed by atoms with Gasteiger partial charge in [0.05, 0.1) is 10.6 Å². The second-order valence-electron chi connectivity index (χ2n) is 3.30. The van der Waals surface area contributed by atoms with Gasteiger partial charge < -0.3 is 0 Å². The summed E-state index contributed by atoms with van der Waals surface area (Å²) in [4.78, 5) is 18.6. The van der Waals surface area contributed by atoms with Crippen LogP contribution in [0, 0.1) is 6.92 Å². The van der Waals surface area contributed by atoms with Crippen molar-refractivity contribution in [1.29, 1.82) is 0 Å². The van der Waals surface area contributed by atoms with Gasteiger partial charge in [-0.05, 0) is 13.3 Å². The predicted molar refractivity (Wildman–Crippen MR) is 58.5 cm³/mol. The molecule has 1 aromatic heterocycles. The molecule has 1 aliphatic rings. The highest BCUT2D eigenvalue weighted by atomic mass is 32.1. The minimum Gasteiger partial charge on any atom is -0.288 e. The fourth-order valence-electron chi connectivity index (χ4n) is 1.55. The highest BCUT2D eigenvalue weighted by Gasteiger charge is 2.24. The maximum absolute atomic E-state index is 11.5. The van der Waals surface area contributed by atoms with Crippen LogP contribution in [0.1, 0.15) is 23.4 Å². The summed E-state index contributed by atoms with van der Waals surface area (Å²) in [5, 5.41) is 0.819. The molecular formula is C10H12N2OS. The Morgan fingerprint density at radius 1 is 1.64 bits per heavy atom. The molecule has 2 heterocycles. The summed E-state index contributed by atoms with van der Waals surface area (Å²) < 4.78 is 0. The Kier molecular flexibility index (Phi) is 2.37. The van der Waals surface area contributed by atoms with Gasteiger partial charge in [0, 0.05) is 13.0 Å². The zero-order valence-electron chi connectivity index (χ0n) is 8.12. The molecule has 0 spiro atoms. The lowest BCUT2D eigenvalue weighted by Gasteiger charge is -2.09. The third kappa shape index (κ3) is 1.46. The van der Waals surface area contributed by atoms with Crippen LogP contribution >= 0.6 is 11.3 Å². The molecule has 2 rings (SSSR count). The highest BCUT2D eigenvalue weighted by molar-refractivity contribution is 7.16. The van der Waals surface area contributed by atoms with Gasteiger partial charge in [-0.2, -0.15) is 0 Å². The number of carbonyl (C=O) groups is 1. The number of hydrogen-bond acceptors (Lipinski definition) is 3. The van der Waals surface area contributed by atoms with E-state index >= 15 is 0 Å². The average molecular weight is 208 g/mol. The topological polar surface area (TPSA) is 33.2 Å². The molecule has 14 heavy (non-hydrogen) atoms. The van der Waals surface area contributed by atoms with E-state index in [0.29, 0.717) is 6.42 Å². The van der Waals surface area contributed by atoms with Crippen LogP contribution in [0.2, 0.25) is 0 Å². The van der Waals surface area contributed by atoms with Crippen LogP contribution in [0.3, 0.4) is 0 Å². The van der Waals surface area contributed by atoms with Gasteiger partial charge in [-0.3, -0.25) is 9.69 Å². The number of thiazole rings is 1. The molecule has 1 aliphatic heterocycles. The molecule has 1 saturated heterocycles. The van der Waals surface area contributed by atoms with Gasteiger partial charge in [-0.25, -0.2) is 4.98 Å². The van der Waals surface area contributed by atoms with Gasteiger partial charge >= 0.3 is 0 Å². The molecule has 4 heteroatoms. The lowest BCUT2D eigenvalue weighted by Crippen LogP contribution is -2.23. The van der Waals surface area contributed by atoms with Crippen molar-refractivity contribution >= 4 is 28.5 Å². The summed E-state index contributed by atoms with van der Waals surface area (Å²) in [5.41, 5.74) is 0.958. The summed E-state index contributed by atoms with van der Waals surface area (Å²) in [6.45, 7) is 6.47. The van der Waals surface area contributed by atoms with Crippen LogP contribution in [0.4, 0.5) is 5.13 Å². The van der Waals surface area contributed by atoms with Crippen molar-refractivity contribution in [2.24, 2.45) is 0 Å². The number of hydrogen-bond donors (Lipinski definition) is 0. The van der Waals surface area contributed by atoms with Gasteiger partial charge in [0.1, 0.15) is 0 Å². The maximum atomic E-state index is 11.5. The SMILES string of the molecule is C=Cc1sc(N2CCCC2=O)nc1C. The maximum Gasteiger partial charge on any atom is 0.228 e. The first kappa shape index (κ1) is 9.40. The number of aromatic nitrogens is 1. The summed E-state index contributed by atoms with van der Waals surface area (Å²) in [6.07, 6.45) is 3.39. The Bertz CT molecular complexity index is 383. The van der Waals surface area contributed by atoms with Crippen molar-refractivity contribution < 1.29 is 4.79 Å². The van der Waals surface area contributed by atoms with Gasteiger partial charge in [0.15, 0.2) is 5.13 Å². The van der Waals surface area contributed by atoms with Crippen molar-refractivity contribution in [3.63, 3.8) is 0 Å². The van der Waals surface area contributed by atoms with E-state index in [0.717, 1.165) is 28.7 Å². The van der Waals surface area contributed by atoms with Crippen LogP contribution in [0.5, 0.6) is 0 Å². The van der Waals surface area contributed by atoms with E-state index in [1.807, 2.05) is 6.92 Å². The fraction of sp³-hybridized carbons (Fsp3) is 0.400. The minimum absolute atomic E-state index is 0.189. The molecule has 0 unspecified atom stereocenters.